The second-order valence-electron chi connectivity index (χ2n) is 9.10. The Hall–Kier alpha value is -3.61. The number of nitrogens with zero attached hydrogens (tertiary/aromatic N) is 4. The Bertz CT molecular complexity index is 1350. The van der Waals surface area contributed by atoms with E-state index in [2.05, 4.69) is 59.4 Å². The van der Waals surface area contributed by atoms with Gasteiger partial charge >= 0.3 is 0 Å². The number of nitrogens with one attached hydrogen (secondary N) is 1. The molecule has 0 amide bonds. The summed E-state index contributed by atoms with van der Waals surface area (Å²) in [5.41, 5.74) is 4.21. The number of aromatic nitrogens is 2. The summed E-state index contributed by atoms with van der Waals surface area (Å²) >= 11 is 6.29. The Labute approximate surface area is 217 Å². The number of methoxy groups -OCH3 is 1. The van der Waals surface area contributed by atoms with Gasteiger partial charge in [-0.1, -0.05) is 60.1 Å². The van der Waals surface area contributed by atoms with Gasteiger partial charge in [0.1, 0.15) is 17.4 Å². The summed E-state index contributed by atoms with van der Waals surface area (Å²) in [4.78, 5) is 14.6. The fourth-order valence-corrected chi connectivity index (χ4v) is 4.71. The van der Waals surface area contributed by atoms with Crippen molar-refractivity contribution in [2.24, 2.45) is 0 Å². The normalized spacial score (nSPS) is 16.1. The third-order valence-electron chi connectivity index (χ3n) is 6.66. The van der Waals surface area contributed by atoms with E-state index in [9.17, 15) is 0 Å². The van der Waals surface area contributed by atoms with Crippen LogP contribution in [0.1, 0.15) is 17.2 Å². The van der Waals surface area contributed by atoms with Crippen molar-refractivity contribution < 1.29 is 4.74 Å². The van der Waals surface area contributed by atoms with Crippen LogP contribution in [0.4, 0.5) is 17.3 Å². The van der Waals surface area contributed by atoms with Gasteiger partial charge in [-0.25, -0.2) is 9.97 Å². The van der Waals surface area contributed by atoms with Gasteiger partial charge in [0.15, 0.2) is 5.82 Å². The Morgan fingerprint density at radius 1 is 0.944 bits per heavy atom. The number of hydrogen-bond donors (Lipinski definition) is 1. The van der Waals surface area contributed by atoms with E-state index in [-0.39, 0.29) is 6.04 Å². The van der Waals surface area contributed by atoms with Crippen LogP contribution in [0.3, 0.4) is 0 Å². The second-order valence-corrected chi connectivity index (χ2v) is 9.54. The maximum Gasteiger partial charge on any atom is 0.164 e. The van der Waals surface area contributed by atoms with Gasteiger partial charge in [0.05, 0.1) is 13.2 Å². The van der Waals surface area contributed by atoms with Crippen LogP contribution in [0.25, 0.3) is 11.4 Å². The summed E-state index contributed by atoms with van der Waals surface area (Å²) in [7, 11) is 3.85. The van der Waals surface area contributed by atoms with Gasteiger partial charge < -0.3 is 15.0 Å². The van der Waals surface area contributed by atoms with Crippen LogP contribution in [0.15, 0.2) is 78.9 Å². The summed E-state index contributed by atoms with van der Waals surface area (Å²) in [6, 6.07) is 26.6. The van der Waals surface area contributed by atoms with E-state index >= 15 is 0 Å². The molecule has 1 aliphatic heterocycles. The second kappa shape index (κ2) is 10.6. The third kappa shape index (κ3) is 5.30. The summed E-state index contributed by atoms with van der Waals surface area (Å²) in [6.45, 7) is 4.71. The highest BCUT2D eigenvalue weighted by Gasteiger charge is 2.27. The number of likely N-dealkylation sites (N-methyl/N-ethyl adjacent to an activating group) is 1. The average molecular weight is 500 g/mol. The molecule has 1 fully saturated rings. The minimum atomic E-state index is 0.279. The van der Waals surface area contributed by atoms with E-state index in [0.717, 1.165) is 53.8 Å². The van der Waals surface area contributed by atoms with Crippen LogP contribution < -0.4 is 15.0 Å². The molecule has 6 nitrogen and oxygen atoms in total. The first-order valence-electron chi connectivity index (χ1n) is 12.1. The third-order valence-corrected chi connectivity index (χ3v) is 6.89. The molecular weight excluding hydrogens is 470 g/mol. The van der Waals surface area contributed by atoms with Crippen LogP contribution in [-0.2, 0) is 0 Å². The highest BCUT2D eigenvalue weighted by Crippen LogP contribution is 2.31. The first-order chi connectivity index (χ1) is 17.5. The first-order valence-corrected chi connectivity index (χ1v) is 12.4. The number of benzene rings is 3. The molecule has 1 atom stereocenters. The molecule has 36 heavy (non-hydrogen) atoms. The molecule has 0 radical (unpaired) electrons. The van der Waals surface area contributed by atoms with E-state index in [4.69, 9.17) is 26.3 Å². The lowest BCUT2D eigenvalue weighted by Gasteiger charge is -2.40. The number of ether oxygens (including phenoxy) is 1. The summed E-state index contributed by atoms with van der Waals surface area (Å²) < 4.78 is 5.45. The Kier molecular flexibility index (Phi) is 7.07. The molecule has 4 aromatic rings. The zero-order valence-corrected chi connectivity index (χ0v) is 21.5. The lowest BCUT2D eigenvalue weighted by Crippen LogP contribution is -2.47. The van der Waals surface area contributed by atoms with Gasteiger partial charge in [-0.15, -0.1) is 0 Å². The lowest BCUT2D eigenvalue weighted by molar-refractivity contribution is 0.220. The van der Waals surface area contributed by atoms with Crippen molar-refractivity contribution in [3.8, 4) is 17.1 Å². The van der Waals surface area contributed by atoms with E-state index in [0.29, 0.717) is 10.8 Å². The predicted molar refractivity (Wildman–Crippen MR) is 148 cm³/mol. The number of hydrogen-bond acceptors (Lipinski definition) is 6. The summed E-state index contributed by atoms with van der Waals surface area (Å²) in [5.74, 6) is 3.02. The van der Waals surface area contributed by atoms with Crippen LogP contribution >= 0.6 is 11.6 Å². The maximum atomic E-state index is 6.29. The fraction of sp³-hybridized carbons (Fsp3) is 0.241. The molecule has 0 saturated carbocycles. The van der Waals surface area contributed by atoms with Crippen LogP contribution in [0.2, 0.25) is 5.02 Å². The summed E-state index contributed by atoms with van der Waals surface area (Å²) in [6.07, 6.45) is 0. The highest BCUT2D eigenvalue weighted by molar-refractivity contribution is 6.30. The Balaban J connectivity index is 1.54. The minimum absolute atomic E-state index is 0.279. The van der Waals surface area contributed by atoms with Crippen LogP contribution in [-0.4, -0.2) is 48.7 Å². The predicted octanol–water partition coefficient (Wildman–Crippen LogP) is 6.35. The minimum Gasteiger partial charge on any atom is -0.497 e. The maximum absolute atomic E-state index is 6.29. The number of halogens is 1. The number of anilines is 3. The molecule has 5 rings (SSSR count). The zero-order chi connectivity index (χ0) is 25.1. The molecule has 1 unspecified atom stereocenters. The average Bonchev–Trinajstić information content (AvgIpc) is 2.91. The molecule has 3 aromatic carbocycles. The van der Waals surface area contributed by atoms with Crippen molar-refractivity contribution >= 4 is 28.9 Å². The van der Waals surface area contributed by atoms with E-state index in [1.807, 2.05) is 48.5 Å². The largest absolute Gasteiger partial charge is 0.497 e. The van der Waals surface area contributed by atoms with Gasteiger partial charge in [0.25, 0.3) is 0 Å². The van der Waals surface area contributed by atoms with Crippen LogP contribution in [0, 0.1) is 6.92 Å². The van der Waals surface area contributed by atoms with Gasteiger partial charge in [0.2, 0.25) is 0 Å². The molecule has 7 heteroatoms. The van der Waals surface area contributed by atoms with Gasteiger partial charge in [0, 0.05) is 42.0 Å². The topological polar surface area (TPSA) is 53.5 Å². The van der Waals surface area contributed by atoms with Gasteiger partial charge in [-0.05, 0) is 49.4 Å². The molecule has 1 saturated heterocycles. The Morgan fingerprint density at radius 3 is 2.58 bits per heavy atom. The van der Waals surface area contributed by atoms with Crippen LogP contribution in [0.5, 0.6) is 5.75 Å². The smallest absolute Gasteiger partial charge is 0.164 e. The quantitative estimate of drug-likeness (QED) is 0.333. The molecule has 1 aromatic heterocycles. The zero-order valence-electron chi connectivity index (χ0n) is 20.8. The van der Waals surface area contributed by atoms with Gasteiger partial charge in [-0.2, -0.15) is 0 Å². The van der Waals surface area contributed by atoms with Crippen molar-refractivity contribution in [1.82, 2.24) is 14.9 Å². The molecule has 1 aliphatic rings. The summed E-state index contributed by atoms with van der Waals surface area (Å²) in [5, 5.41) is 4.16. The van der Waals surface area contributed by atoms with Crippen molar-refractivity contribution in [2.45, 2.75) is 13.0 Å². The molecule has 2 heterocycles. The fourth-order valence-electron chi connectivity index (χ4n) is 4.54. The highest BCUT2D eigenvalue weighted by atomic mass is 35.5. The first kappa shape index (κ1) is 24.1. The number of rotatable bonds is 6. The SMILES string of the molecule is COc1cccc(-c2nc(Nc3cc(Cl)ccc3C)cc(N3CCN(C)C(c4ccccc4)C3)n2)c1. The van der Waals surface area contributed by atoms with Gasteiger partial charge in [-0.3, -0.25) is 4.90 Å². The molecular formula is C29H30ClN5O. The molecule has 0 bridgehead atoms. The Morgan fingerprint density at radius 2 is 1.78 bits per heavy atom. The lowest BCUT2D eigenvalue weighted by atomic mass is 10.0. The van der Waals surface area contributed by atoms with E-state index < -0.39 is 0 Å². The molecule has 1 N–H and O–H groups in total. The molecule has 0 spiro atoms. The van der Waals surface area contributed by atoms with E-state index in [1.54, 1.807) is 7.11 Å². The van der Waals surface area contributed by atoms with Crippen molar-refractivity contribution in [3.63, 3.8) is 0 Å². The van der Waals surface area contributed by atoms with Crippen molar-refractivity contribution in [3.05, 3.63) is 95.0 Å². The molecule has 184 valence electrons. The number of aryl methyl sites for hydroxylation is 1. The molecule has 0 aliphatic carbocycles. The monoisotopic (exact) mass is 499 g/mol. The van der Waals surface area contributed by atoms with Crippen molar-refractivity contribution in [2.75, 3.05) is 44.0 Å². The van der Waals surface area contributed by atoms with Crippen molar-refractivity contribution in [1.29, 1.82) is 0 Å². The number of piperazine rings is 1. The van der Waals surface area contributed by atoms with E-state index in [1.165, 1.54) is 5.56 Å². The standard InChI is InChI=1S/C29H30ClN5O/c1-20-12-13-23(30)17-25(20)31-27-18-28(33-29(32-27)22-10-7-11-24(16-22)36-3)35-15-14-34(2)26(19-35)21-8-5-4-6-9-21/h4-13,16-18,26H,14-15,19H2,1-3H3,(H,31,32,33).